The Hall–Kier alpha value is -1.20. The number of morpholine rings is 1. The third-order valence-corrected chi connectivity index (χ3v) is 3.55. The molecule has 1 amide bonds. The van der Waals surface area contributed by atoms with E-state index in [-0.39, 0.29) is 18.1 Å². The Labute approximate surface area is 104 Å². The molecule has 1 aromatic rings. The van der Waals surface area contributed by atoms with Crippen molar-refractivity contribution in [3.8, 4) is 0 Å². The molecule has 0 aromatic carbocycles. The van der Waals surface area contributed by atoms with Crippen molar-refractivity contribution in [2.45, 2.75) is 26.1 Å². The molecule has 5 heteroatoms. The molecule has 1 aliphatic heterocycles. The van der Waals surface area contributed by atoms with Crippen LogP contribution in [-0.2, 0) is 4.74 Å². The number of carbonyl (C=O) groups is 2. The van der Waals surface area contributed by atoms with Crippen LogP contribution in [0.15, 0.2) is 11.4 Å². The van der Waals surface area contributed by atoms with E-state index in [2.05, 4.69) is 0 Å². The fourth-order valence-corrected chi connectivity index (χ4v) is 2.74. The van der Waals surface area contributed by atoms with Crippen molar-refractivity contribution < 1.29 is 14.3 Å². The molecule has 92 valence electrons. The number of carbonyl (C=O) groups excluding carboxylic acids is 2. The zero-order valence-corrected chi connectivity index (χ0v) is 10.7. The molecule has 0 aliphatic carbocycles. The first kappa shape index (κ1) is 12.3. The summed E-state index contributed by atoms with van der Waals surface area (Å²) >= 11 is 1.30. The van der Waals surface area contributed by atoms with Gasteiger partial charge in [-0.15, -0.1) is 11.3 Å². The molecule has 2 heterocycles. The number of nitrogens with zero attached hydrogens (tertiary/aromatic N) is 1. The topological polar surface area (TPSA) is 46.6 Å². The van der Waals surface area contributed by atoms with Crippen LogP contribution in [0.2, 0.25) is 0 Å². The summed E-state index contributed by atoms with van der Waals surface area (Å²) in [6.07, 6.45) is 0.894. The molecule has 2 unspecified atom stereocenters. The van der Waals surface area contributed by atoms with Crippen molar-refractivity contribution in [3.05, 3.63) is 21.9 Å². The van der Waals surface area contributed by atoms with Crippen LogP contribution < -0.4 is 0 Å². The third-order valence-electron chi connectivity index (χ3n) is 2.69. The summed E-state index contributed by atoms with van der Waals surface area (Å²) in [5.41, 5.74) is 0.596. The molecule has 1 aliphatic rings. The number of aldehydes is 1. The maximum absolute atomic E-state index is 12.2. The molecular formula is C12H15NO3S. The summed E-state index contributed by atoms with van der Waals surface area (Å²) in [5, 5.41) is 1.73. The van der Waals surface area contributed by atoms with Gasteiger partial charge in [-0.3, -0.25) is 9.59 Å². The van der Waals surface area contributed by atoms with E-state index in [1.54, 1.807) is 16.3 Å². The van der Waals surface area contributed by atoms with Gasteiger partial charge in [0.05, 0.1) is 22.6 Å². The summed E-state index contributed by atoms with van der Waals surface area (Å²) < 4.78 is 5.58. The average molecular weight is 253 g/mol. The van der Waals surface area contributed by atoms with Crippen molar-refractivity contribution in [2.24, 2.45) is 0 Å². The number of thiophene rings is 1. The van der Waals surface area contributed by atoms with Gasteiger partial charge in [-0.1, -0.05) is 0 Å². The maximum atomic E-state index is 12.2. The minimum Gasteiger partial charge on any atom is -0.372 e. The predicted octanol–water partition coefficient (Wildman–Crippen LogP) is 1.81. The predicted molar refractivity (Wildman–Crippen MR) is 65.6 cm³/mol. The minimum absolute atomic E-state index is 0.0173. The van der Waals surface area contributed by atoms with E-state index in [1.807, 2.05) is 13.8 Å². The minimum atomic E-state index is -0.0173. The molecule has 2 atom stereocenters. The fraction of sp³-hybridized carbons (Fsp3) is 0.500. The lowest BCUT2D eigenvalue weighted by Gasteiger charge is -2.35. The number of amides is 1. The lowest BCUT2D eigenvalue weighted by molar-refractivity contribution is -0.0586. The average Bonchev–Trinajstić information content (AvgIpc) is 2.75. The summed E-state index contributed by atoms with van der Waals surface area (Å²) in [5.74, 6) is -0.0173. The molecule has 2 rings (SSSR count). The Bertz CT molecular complexity index is 419. The van der Waals surface area contributed by atoms with Gasteiger partial charge < -0.3 is 9.64 Å². The standard InChI is InChI=1S/C12H15NO3S/c1-8-4-13(5-9(2)16-8)12(15)10-3-11(6-14)17-7-10/h3,6-9H,4-5H2,1-2H3. The SMILES string of the molecule is CC1CN(C(=O)c2csc(C=O)c2)CC(C)O1. The molecule has 1 saturated heterocycles. The van der Waals surface area contributed by atoms with Crippen LogP contribution in [0.5, 0.6) is 0 Å². The highest BCUT2D eigenvalue weighted by atomic mass is 32.1. The molecule has 17 heavy (non-hydrogen) atoms. The first-order chi connectivity index (χ1) is 8.10. The second-order valence-electron chi connectivity index (χ2n) is 4.32. The molecule has 0 spiro atoms. The van der Waals surface area contributed by atoms with Gasteiger partial charge in [0.25, 0.3) is 5.91 Å². The van der Waals surface area contributed by atoms with Crippen molar-refractivity contribution in [3.63, 3.8) is 0 Å². The van der Waals surface area contributed by atoms with E-state index < -0.39 is 0 Å². The third kappa shape index (κ3) is 2.73. The van der Waals surface area contributed by atoms with Gasteiger partial charge in [0, 0.05) is 18.5 Å². The van der Waals surface area contributed by atoms with Gasteiger partial charge in [-0.05, 0) is 19.9 Å². The fourth-order valence-electron chi connectivity index (χ4n) is 2.05. The van der Waals surface area contributed by atoms with Gasteiger partial charge in [0.2, 0.25) is 0 Å². The first-order valence-corrected chi connectivity index (χ1v) is 6.46. The molecule has 4 nitrogen and oxygen atoms in total. The smallest absolute Gasteiger partial charge is 0.254 e. The van der Waals surface area contributed by atoms with E-state index in [4.69, 9.17) is 4.74 Å². The maximum Gasteiger partial charge on any atom is 0.254 e. The van der Waals surface area contributed by atoms with Gasteiger partial charge in [0.15, 0.2) is 6.29 Å². The Morgan fingerprint density at radius 1 is 1.47 bits per heavy atom. The largest absolute Gasteiger partial charge is 0.372 e. The van der Waals surface area contributed by atoms with Gasteiger partial charge in [0.1, 0.15) is 0 Å². The van der Waals surface area contributed by atoms with Gasteiger partial charge in [-0.25, -0.2) is 0 Å². The lowest BCUT2D eigenvalue weighted by Crippen LogP contribution is -2.48. The highest BCUT2D eigenvalue weighted by molar-refractivity contribution is 7.12. The van der Waals surface area contributed by atoms with E-state index in [9.17, 15) is 9.59 Å². The Kier molecular flexibility index (Phi) is 3.59. The van der Waals surface area contributed by atoms with E-state index in [1.165, 1.54) is 11.3 Å². The monoisotopic (exact) mass is 253 g/mol. The van der Waals surface area contributed by atoms with Crippen molar-refractivity contribution >= 4 is 23.5 Å². The van der Waals surface area contributed by atoms with Crippen LogP contribution >= 0.6 is 11.3 Å². The normalized spacial score (nSPS) is 24.7. The highest BCUT2D eigenvalue weighted by Gasteiger charge is 2.26. The van der Waals surface area contributed by atoms with Crippen LogP contribution in [0.25, 0.3) is 0 Å². The van der Waals surface area contributed by atoms with Crippen LogP contribution in [0.1, 0.15) is 33.9 Å². The van der Waals surface area contributed by atoms with Crippen LogP contribution in [0.3, 0.4) is 0 Å². The Morgan fingerprint density at radius 2 is 2.12 bits per heavy atom. The molecule has 0 bridgehead atoms. The second-order valence-corrected chi connectivity index (χ2v) is 5.27. The summed E-state index contributed by atoms with van der Waals surface area (Å²) in [7, 11) is 0. The van der Waals surface area contributed by atoms with Crippen LogP contribution in [0, 0.1) is 0 Å². The Morgan fingerprint density at radius 3 is 2.65 bits per heavy atom. The molecule has 0 N–H and O–H groups in total. The number of ether oxygens (including phenoxy) is 1. The molecule has 1 aromatic heterocycles. The van der Waals surface area contributed by atoms with Crippen LogP contribution in [-0.4, -0.2) is 42.4 Å². The first-order valence-electron chi connectivity index (χ1n) is 5.58. The van der Waals surface area contributed by atoms with Crippen molar-refractivity contribution in [1.82, 2.24) is 4.90 Å². The second kappa shape index (κ2) is 4.98. The number of rotatable bonds is 2. The van der Waals surface area contributed by atoms with Gasteiger partial charge >= 0.3 is 0 Å². The zero-order valence-electron chi connectivity index (χ0n) is 9.88. The highest BCUT2D eigenvalue weighted by Crippen LogP contribution is 2.18. The molecular weight excluding hydrogens is 238 g/mol. The van der Waals surface area contributed by atoms with E-state index >= 15 is 0 Å². The number of hydrogen-bond donors (Lipinski definition) is 0. The Balaban J connectivity index is 2.11. The number of hydrogen-bond acceptors (Lipinski definition) is 4. The molecule has 1 fully saturated rings. The zero-order chi connectivity index (χ0) is 12.4. The summed E-state index contributed by atoms with van der Waals surface area (Å²) in [6, 6.07) is 1.64. The van der Waals surface area contributed by atoms with E-state index in [0.717, 1.165) is 6.29 Å². The molecule has 0 radical (unpaired) electrons. The van der Waals surface area contributed by atoms with Crippen molar-refractivity contribution in [1.29, 1.82) is 0 Å². The van der Waals surface area contributed by atoms with E-state index in [0.29, 0.717) is 23.5 Å². The van der Waals surface area contributed by atoms with Crippen LogP contribution in [0.4, 0.5) is 0 Å². The lowest BCUT2D eigenvalue weighted by atomic mass is 10.2. The summed E-state index contributed by atoms with van der Waals surface area (Å²) in [6.45, 7) is 5.13. The quantitative estimate of drug-likeness (QED) is 0.755. The summed E-state index contributed by atoms with van der Waals surface area (Å²) in [4.78, 5) is 25.1. The van der Waals surface area contributed by atoms with Gasteiger partial charge in [-0.2, -0.15) is 0 Å². The molecule has 0 saturated carbocycles. The van der Waals surface area contributed by atoms with Crippen molar-refractivity contribution in [2.75, 3.05) is 13.1 Å².